The van der Waals surface area contributed by atoms with Crippen LogP contribution in [0.5, 0.6) is 0 Å². The molecule has 1 aromatic rings. The molecule has 2 unspecified atom stereocenters. The van der Waals surface area contributed by atoms with E-state index in [2.05, 4.69) is 12.2 Å². The minimum absolute atomic E-state index is 0.231. The topological polar surface area (TPSA) is 34.4 Å². The number of halogens is 1. The van der Waals surface area contributed by atoms with Crippen LogP contribution in [0.25, 0.3) is 0 Å². The van der Waals surface area contributed by atoms with Gasteiger partial charge in [0.25, 0.3) is 0 Å². The standard InChI is InChI=1S/C12H18ClNO2/c1-2-6-14-12(9-5-7-15-8-9)10-3-4-11(13)16-10/h3-4,9,12,14H,2,5-8H2,1H3. The second-order valence-corrected chi connectivity index (χ2v) is 4.57. The number of nitrogens with one attached hydrogen (secondary N) is 1. The molecule has 1 saturated heterocycles. The summed E-state index contributed by atoms with van der Waals surface area (Å²) in [6.45, 7) is 4.80. The first-order chi connectivity index (χ1) is 7.81. The molecule has 16 heavy (non-hydrogen) atoms. The molecule has 0 spiro atoms. The normalized spacial score (nSPS) is 22.5. The van der Waals surface area contributed by atoms with E-state index in [1.54, 1.807) is 6.07 Å². The van der Waals surface area contributed by atoms with E-state index in [0.29, 0.717) is 11.1 Å². The maximum atomic E-state index is 5.82. The fraction of sp³-hybridized carbons (Fsp3) is 0.667. The van der Waals surface area contributed by atoms with Crippen molar-refractivity contribution < 1.29 is 9.15 Å². The third-order valence-corrected chi connectivity index (χ3v) is 3.15. The van der Waals surface area contributed by atoms with Gasteiger partial charge in [0.2, 0.25) is 0 Å². The molecule has 3 nitrogen and oxygen atoms in total. The summed E-state index contributed by atoms with van der Waals surface area (Å²) >= 11 is 5.82. The monoisotopic (exact) mass is 243 g/mol. The fourth-order valence-corrected chi connectivity index (χ4v) is 2.26. The largest absolute Gasteiger partial charge is 0.448 e. The Morgan fingerprint density at radius 2 is 2.44 bits per heavy atom. The Labute approximate surface area is 101 Å². The van der Waals surface area contributed by atoms with E-state index >= 15 is 0 Å². The summed E-state index contributed by atoms with van der Waals surface area (Å²) in [6, 6.07) is 3.98. The minimum Gasteiger partial charge on any atom is -0.448 e. The zero-order valence-corrected chi connectivity index (χ0v) is 10.3. The van der Waals surface area contributed by atoms with Crippen molar-refractivity contribution in [3.05, 3.63) is 23.1 Å². The second-order valence-electron chi connectivity index (χ2n) is 4.20. The third-order valence-electron chi connectivity index (χ3n) is 2.95. The smallest absolute Gasteiger partial charge is 0.193 e. The van der Waals surface area contributed by atoms with Crippen molar-refractivity contribution in [3.63, 3.8) is 0 Å². The summed E-state index contributed by atoms with van der Waals surface area (Å²) in [6.07, 6.45) is 2.19. The molecule has 4 heteroatoms. The van der Waals surface area contributed by atoms with Gasteiger partial charge in [-0.05, 0) is 43.1 Å². The molecule has 2 atom stereocenters. The summed E-state index contributed by atoms with van der Waals surface area (Å²) in [5, 5.41) is 3.96. The first-order valence-corrected chi connectivity index (χ1v) is 6.25. The summed E-state index contributed by atoms with van der Waals surface area (Å²) in [7, 11) is 0. The van der Waals surface area contributed by atoms with Crippen LogP contribution in [0.2, 0.25) is 5.22 Å². The van der Waals surface area contributed by atoms with E-state index in [9.17, 15) is 0 Å². The van der Waals surface area contributed by atoms with Gasteiger partial charge in [-0.15, -0.1) is 0 Å². The molecular formula is C12H18ClNO2. The van der Waals surface area contributed by atoms with Crippen LogP contribution in [0.3, 0.4) is 0 Å². The van der Waals surface area contributed by atoms with Crippen LogP contribution < -0.4 is 5.32 Å². The molecular weight excluding hydrogens is 226 g/mol. The molecule has 2 heterocycles. The van der Waals surface area contributed by atoms with Crippen LogP contribution >= 0.6 is 11.6 Å². The van der Waals surface area contributed by atoms with Crippen LogP contribution in [-0.2, 0) is 4.74 Å². The highest BCUT2D eigenvalue weighted by Gasteiger charge is 2.28. The molecule has 0 aromatic carbocycles. The van der Waals surface area contributed by atoms with Crippen molar-refractivity contribution in [3.8, 4) is 0 Å². The van der Waals surface area contributed by atoms with Gasteiger partial charge in [-0.2, -0.15) is 0 Å². The van der Waals surface area contributed by atoms with Crippen molar-refractivity contribution >= 4 is 11.6 Å². The minimum atomic E-state index is 0.231. The molecule has 0 aliphatic carbocycles. The van der Waals surface area contributed by atoms with E-state index in [1.807, 2.05) is 6.07 Å². The van der Waals surface area contributed by atoms with E-state index in [-0.39, 0.29) is 6.04 Å². The van der Waals surface area contributed by atoms with Gasteiger partial charge < -0.3 is 14.5 Å². The molecule has 0 amide bonds. The number of hydrogen-bond donors (Lipinski definition) is 1. The second kappa shape index (κ2) is 5.71. The SMILES string of the molecule is CCCNC(c1ccc(Cl)o1)C1CCOC1. The van der Waals surface area contributed by atoms with E-state index < -0.39 is 0 Å². The highest BCUT2D eigenvalue weighted by molar-refractivity contribution is 6.28. The molecule has 90 valence electrons. The number of hydrogen-bond acceptors (Lipinski definition) is 3. The quantitative estimate of drug-likeness (QED) is 0.863. The van der Waals surface area contributed by atoms with E-state index in [4.69, 9.17) is 20.8 Å². The zero-order valence-electron chi connectivity index (χ0n) is 9.54. The Bertz CT molecular complexity index is 321. The summed E-state index contributed by atoms with van der Waals surface area (Å²) in [5.41, 5.74) is 0. The van der Waals surface area contributed by atoms with E-state index in [0.717, 1.165) is 38.4 Å². The van der Waals surface area contributed by atoms with Crippen molar-refractivity contribution in [2.45, 2.75) is 25.8 Å². The van der Waals surface area contributed by atoms with Crippen LogP contribution in [-0.4, -0.2) is 19.8 Å². The van der Waals surface area contributed by atoms with Crippen LogP contribution in [0.15, 0.2) is 16.5 Å². The van der Waals surface area contributed by atoms with Gasteiger partial charge in [0.1, 0.15) is 5.76 Å². The van der Waals surface area contributed by atoms with Crippen molar-refractivity contribution in [1.82, 2.24) is 5.32 Å². The van der Waals surface area contributed by atoms with Gasteiger partial charge in [-0.25, -0.2) is 0 Å². The van der Waals surface area contributed by atoms with Crippen molar-refractivity contribution in [1.29, 1.82) is 0 Å². The number of furan rings is 1. The van der Waals surface area contributed by atoms with Gasteiger partial charge in [0.05, 0.1) is 12.6 Å². The Morgan fingerprint density at radius 3 is 3.00 bits per heavy atom. The van der Waals surface area contributed by atoms with Gasteiger partial charge in [-0.3, -0.25) is 0 Å². The predicted molar refractivity (Wildman–Crippen MR) is 63.7 cm³/mol. The molecule has 0 saturated carbocycles. The number of ether oxygens (including phenoxy) is 1. The first-order valence-electron chi connectivity index (χ1n) is 5.87. The average molecular weight is 244 g/mol. The third kappa shape index (κ3) is 2.78. The Kier molecular flexibility index (Phi) is 4.27. The van der Waals surface area contributed by atoms with Gasteiger partial charge in [0.15, 0.2) is 5.22 Å². The van der Waals surface area contributed by atoms with Crippen molar-refractivity contribution in [2.24, 2.45) is 5.92 Å². The van der Waals surface area contributed by atoms with Crippen molar-refractivity contribution in [2.75, 3.05) is 19.8 Å². The first kappa shape index (κ1) is 12.0. The zero-order chi connectivity index (χ0) is 11.4. The molecule has 1 aromatic heterocycles. The van der Waals surface area contributed by atoms with Gasteiger partial charge in [-0.1, -0.05) is 6.92 Å². The summed E-state index contributed by atoms with van der Waals surface area (Å²) in [4.78, 5) is 0. The van der Waals surface area contributed by atoms with Gasteiger partial charge >= 0.3 is 0 Å². The Hall–Kier alpha value is -0.510. The maximum Gasteiger partial charge on any atom is 0.193 e. The average Bonchev–Trinajstić information content (AvgIpc) is 2.91. The fourth-order valence-electron chi connectivity index (χ4n) is 2.11. The highest BCUT2D eigenvalue weighted by atomic mass is 35.5. The molecule has 0 radical (unpaired) electrons. The van der Waals surface area contributed by atoms with Crippen LogP contribution in [0.1, 0.15) is 31.6 Å². The molecule has 1 aliphatic rings. The lowest BCUT2D eigenvalue weighted by molar-refractivity contribution is 0.173. The highest BCUT2D eigenvalue weighted by Crippen LogP contribution is 2.30. The maximum absolute atomic E-state index is 5.82. The van der Waals surface area contributed by atoms with Crippen LogP contribution in [0, 0.1) is 5.92 Å². The van der Waals surface area contributed by atoms with Gasteiger partial charge in [0, 0.05) is 12.5 Å². The summed E-state index contributed by atoms with van der Waals surface area (Å²) in [5.74, 6) is 1.42. The number of rotatable bonds is 5. The molecule has 0 bridgehead atoms. The lowest BCUT2D eigenvalue weighted by Gasteiger charge is -2.21. The lowest BCUT2D eigenvalue weighted by atomic mass is 9.97. The Morgan fingerprint density at radius 1 is 1.56 bits per heavy atom. The molecule has 1 N–H and O–H groups in total. The molecule has 1 aliphatic heterocycles. The van der Waals surface area contributed by atoms with Crippen LogP contribution in [0.4, 0.5) is 0 Å². The molecule has 1 fully saturated rings. The predicted octanol–water partition coefficient (Wildman–Crippen LogP) is 3.01. The lowest BCUT2D eigenvalue weighted by Crippen LogP contribution is -2.29. The molecule has 2 rings (SSSR count). The van der Waals surface area contributed by atoms with E-state index in [1.165, 1.54) is 0 Å². The summed E-state index contributed by atoms with van der Waals surface area (Å²) < 4.78 is 10.9. The Balaban J connectivity index is 2.06.